The van der Waals surface area contributed by atoms with Gasteiger partial charge in [-0.3, -0.25) is 4.79 Å². The lowest BCUT2D eigenvalue weighted by atomic mass is 10.1. The maximum Gasteiger partial charge on any atom is 0.171 e. The van der Waals surface area contributed by atoms with Crippen molar-refractivity contribution in [2.45, 2.75) is 13.5 Å². The summed E-state index contributed by atoms with van der Waals surface area (Å²) >= 11 is 11.1. The number of carbonyl (C=O) groups excluding carboxylic acids is 1. The molecule has 108 valence electrons. The maximum absolute atomic E-state index is 11.2. The van der Waals surface area contributed by atoms with Crippen LogP contribution < -0.4 is 10.6 Å². The SMILES string of the molecule is CC(=O)c1ccc(NC(=S)NCc2ccc(Cl)cc2)cc1. The van der Waals surface area contributed by atoms with Gasteiger partial charge in [0.25, 0.3) is 0 Å². The molecule has 0 unspecified atom stereocenters. The molecule has 2 N–H and O–H groups in total. The maximum atomic E-state index is 11.2. The molecular formula is C16H15ClN2OS. The number of benzene rings is 2. The Kier molecular flexibility index (Phi) is 5.31. The summed E-state index contributed by atoms with van der Waals surface area (Å²) in [4.78, 5) is 11.2. The van der Waals surface area contributed by atoms with Crippen molar-refractivity contribution in [2.24, 2.45) is 0 Å². The van der Waals surface area contributed by atoms with Gasteiger partial charge in [-0.05, 0) is 61.1 Å². The lowest BCUT2D eigenvalue weighted by Crippen LogP contribution is -2.27. The Morgan fingerprint density at radius 1 is 1.10 bits per heavy atom. The highest BCUT2D eigenvalue weighted by Crippen LogP contribution is 2.11. The van der Waals surface area contributed by atoms with Crippen LogP contribution in [0, 0.1) is 0 Å². The Morgan fingerprint density at radius 3 is 2.29 bits per heavy atom. The number of hydrogen-bond donors (Lipinski definition) is 2. The van der Waals surface area contributed by atoms with E-state index in [2.05, 4.69) is 10.6 Å². The van der Waals surface area contributed by atoms with Crippen LogP contribution >= 0.6 is 23.8 Å². The highest BCUT2D eigenvalue weighted by Gasteiger charge is 2.01. The van der Waals surface area contributed by atoms with E-state index in [0.29, 0.717) is 22.2 Å². The molecule has 0 heterocycles. The predicted octanol–water partition coefficient (Wildman–Crippen LogP) is 4.03. The van der Waals surface area contributed by atoms with Gasteiger partial charge in [-0.1, -0.05) is 23.7 Å². The molecule has 0 aliphatic heterocycles. The Labute approximate surface area is 134 Å². The Balaban J connectivity index is 1.86. The minimum absolute atomic E-state index is 0.0463. The van der Waals surface area contributed by atoms with E-state index in [-0.39, 0.29) is 5.78 Å². The summed E-state index contributed by atoms with van der Waals surface area (Å²) in [6.45, 7) is 2.16. The van der Waals surface area contributed by atoms with Gasteiger partial charge in [-0.25, -0.2) is 0 Å². The smallest absolute Gasteiger partial charge is 0.171 e. The second-order valence-electron chi connectivity index (χ2n) is 4.57. The van der Waals surface area contributed by atoms with Crippen molar-refractivity contribution < 1.29 is 4.79 Å². The zero-order chi connectivity index (χ0) is 15.2. The lowest BCUT2D eigenvalue weighted by Gasteiger charge is -2.11. The first-order chi connectivity index (χ1) is 10.0. The number of rotatable bonds is 4. The zero-order valence-electron chi connectivity index (χ0n) is 11.5. The summed E-state index contributed by atoms with van der Waals surface area (Å²) in [6, 6.07) is 14.8. The average Bonchev–Trinajstić information content (AvgIpc) is 2.47. The van der Waals surface area contributed by atoms with Crippen molar-refractivity contribution in [1.29, 1.82) is 0 Å². The topological polar surface area (TPSA) is 41.1 Å². The van der Waals surface area contributed by atoms with Crippen LogP contribution in [0.4, 0.5) is 5.69 Å². The van der Waals surface area contributed by atoms with Crippen molar-refractivity contribution in [1.82, 2.24) is 5.32 Å². The van der Waals surface area contributed by atoms with Crippen LogP contribution in [0.3, 0.4) is 0 Å². The molecule has 0 saturated heterocycles. The van der Waals surface area contributed by atoms with E-state index in [4.69, 9.17) is 23.8 Å². The average molecular weight is 319 g/mol. The quantitative estimate of drug-likeness (QED) is 0.659. The fourth-order valence-corrected chi connectivity index (χ4v) is 2.06. The monoisotopic (exact) mass is 318 g/mol. The van der Waals surface area contributed by atoms with Crippen LogP contribution in [0.15, 0.2) is 48.5 Å². The summed E-state index contributed by atoms with van der Waals surface area (Å²) < 4.78 is 0. The van der Waals surface area contributed by atoms with Gasteiger partial charge in [0, 0.05) is 22.8 Å². The number of halogens is 1. The molecule has 3 nitrogen and oxygen atoms in total. The van der Waals surface area contributed by atoms with Crippen LogP contribution in [0.5, 0.6) is 0 Å². The molecule has 0 saturated carbocycles. The Morgan fingerprint density at radius 2 is 1.71 bits per heavy atom. The summed E-state index contributed by atoms with van der Waals surface area (Å²) in [5, 5.41) is 7.43. The number of anilines is 1. The van der Waals surface area contributed by atoms with E-state index in [1.54, 1.807) is 19.1 Å². The fraction of sp³-hybridized carbons (Fsp3) is 0.125. The predicted molar refractivity (Wildman–Crippen MR) is 91.0 cm³/mol. The van der Waals surface area contributed by atoms with Gasteiger partial charge >= 0.3 is 0 Å². The molecule has 21 heavy (non-hydrogen) atoms. The van der Waals surface area contributed by atoms with Crippen molar-refractivity contribution in [2.75, 3.05) is 5.32 Å². The van der Waals surface area contributed by atoms with E-state index in [1.807, 2.05) is 36.4 Å². The molecule has 0 aliphatic rings. The van der Waals surface area contributed by atoms with Gasteiger partial charge < -0.3 is 10.6 Å². The number of nitrogens with one attached hydrogen (secondary N) is 2. The van der Waals surface area contributed by atoms with Crippen LogP contribution in [-0.4, -0.2) is 10.9 Å². The number of carbonyl (C=O) groups is 1. The fourth-order valence-electron chi connectivity index (χ4n) is 1.75. The molecule has 2 aromatic carbocycles. The Hall–Kier alpha value is -1.91. The minimum Gasteiger partial charge on any atom is -0.358 e. The summed E-state index contributed by atoms with van der Waals surface area (Å²) in [6.07, 6.45) is 0. The van der Waals surface area contributed by atoms with Gasteiger partial charge in [0.05, 0.1) is 0 Å². The van der Waals surface area contributed by atoms with Gasteiger partial charge in [-0.2, -0.15) is 0 Å². The minimum atomic E-state index is 0.0463. The van der Waals surface area contributed by atoms with Crippen LogP contribution in [0.25, 0.3) is 0 Å². The third-order valence-corrected chi connectivity index (χ3v) is 3.41. The van der Waals surface area contributed by atoms with Crippen LogP contribution in [0.2, 0.25) is 5.02 Å². The van der Waals surface area contributed by atoms with Crippen LogP contribution in [0.1, 0.15) is 22.8 Å². The first kappa shape index (κ1) is 15.5. The van der Waals surface area contributed by atoms with Gasteiger partial charge in [-0.15, -0.1) is 0 Å². The summed E-state index contributed by atoms with van der Waals surface area (Å²) in [7, 11) is 0. The molecule has 5 heteroatoms. The molecule has 0 aliphatic carbocycles. The van der Waals surface area contributed by atoms with E-state index in [0.717, 1.165) is 11.3 Å². The van der Waals surface area contributed by atoms with Crippen molar-refractivity contribution in [3.8, 4) is 0 Å². The highest BCUT2D eigenvalue weighted by molar-refractivity contribution is 7.80. The lowest BCUT2D eigenvalue weighted by molar-refractivity contribution is 0.101. The standard InChI is InChI=1S/C16H15ClN2OS/c1-11(20)13-4-8-15(9-5-13)19-16(21)18-10-12-2-6-14(17)7-3-12/h2-9H,10H2,1H3,(H2,18,19,21). The van der Waals surface area contributed by atoms with Crippen molar-refractivity contribution in [3.05, 3.63) is 64.7 Å². The molecule has 0 atom stereocenters. The Bertz CT molecular complexity index is 638. The molecular weight excluding hydrogens is 304 g/mol. The van der Waals surface area contributed by atoms with Gasteiger partial charge in [0.15, 0.2) is 10.9 Å². The van der Waals surface area contributed by atoms with Crippen molar-refractivity contribution in [3.63, 3.8) is 0 Å². The van der Waals surface area contributed by atoms with E-state index in [1.165, 1.54) is 0 Å². The highest BCUT2D eigenvalue weighted by atomic mass is 35.5. The van der Waals surface area contributed by atoms with E-state index in [9.17, 15) is 4.79 Å². The number of hydrogen-bond acceptors (Lipinski definition) is 2. The first-order valence-electron chi connectivity index (χ1n) is 6.45. The summed E-state index contributed by atoms with van der Waals surface area (Å²) in [5.74, 6) is 0.0463. The molecule has 0 bridgehead atoms. The van der Waals surface area contributed by atoms with Gasteiger partial charge in [0.1, 0.15) is 0 Å². The molecule has 0 aromatic heterocycles. The first-order valence-corrected chi connectivity index (χ1v) is 7.23. The van der Waals surface area contributed by atoms with E-state index < -0.39 is 0 Å². The molecule has 0 fully saturated rings. The third-order valence-electron chi connectivity index (χ3n) is 2.92. The molecule has 0 amide bonds. The second-order valence-corrected chi connectivity index (χ2v) is 5.41. The van der Waals surface area contributed by atoms with Crippen molar-refractivity contribution >= 4 is 40.4 Å². The number of Topliss-reactive ketones (excluding diaryl/α,β-unsaturated/α-hetero) is 1. The second kappa shape index (κ2) is 7.20. The zero-order valence-corrected chi connectivity index (χ0v) is 13.1. The molecule has 2 rings (SSSR count). The largest absolute Gasteiger partial charge is 0.358 e. The summed E-state index contributed by atoms with van der Waals surface area (Å²) in [5.41, 5.74) is 2.62. The molecule has 0 spiro atoms. The van der Waals surface area contributed by atoms with Crippen LogP contribution in [-0.2, 0) is 6.54 Å². The number of thiocarbonyl (C=S) groups is 1. The third kappa shape index (κ3) is 4.85. The van der Waals surface area contributed by atoms with E-state index >= 15 is 0 Å². The van der Waals surface area contributed by atoms with Gasteiger partial charge in [0.2, 0.25) is 0 Å². The molecule has 0 radical (unpaired) electrons. The molecule has 2 aromatic rings. The number of ketones is 1. The normalized spacial score (nSPS) is 10.0.